The number of carbonyl (C=O) groups is 3. The summed E-state index contributed by atoms with van der Waals surface area (Å²) in [6, 6.07) is 6.90. The summed E-state index contributed by atoms with van der Waals surface area (Å²) in [7, 11) is 2.60. The van der Waals surface area contributed by atoms with Crippen molar-refractivity contribution in [2.45, 2.75) is 18.5 Å². The molecule has 3 rings (SSSR count). The van der Waals surface area contributed by atoms with Gasteiger partial charge in [-0.1, -0.05) is 24.3 Å². The molecule has 2 saturated heterocycles. The van der Waals surface area contributed by atoms with Crippen molar-refractivity contribution in [3.8, 4) is 0 Å². The number of aliphatic hydroxyl groups is 1. The number of carbonyl (C=O) groups excluding carboxylic acids is 3. The first-order valence-corrected chi connectivity index (χ1v) is 7.73. The normalized spacial score (nSPS) is 32.2. The molecule has 0 unspecified atom stereocenters. The first-order valence-electron chi connectivity index (χ1n) is 7.73. The third kappa shape index (κ3) is 2.01. The van der Waals surface area contributed by atoms with Gasteiger partial charge >= 0.3 is 5.97 Å². The Balaban J connectivity index is 2.17. The molecule has 7 nitrogen and oxygen atoms in total. The number of methoxy groups -OCH3 is 1. The Hall–Kier alpha value is -2.25. The third-order valence-corrected chi connectivity index (χ3v) is 5.20. The molecule has 0 aromatic heterocycles. The van der Waals surface area contributed by atoms with Gasteiger partial charge in [0, 0.05) is 13.1 Å². The van der Waals surface area contributed by atoms with Gasteiger partial charge in [-0.3, -0.25) is 19.8 Å². The largest absolute Gasteiger partial charge is 0.468 e. The van der Waals surface area contributed by atoms with E-state index in [2.05, 4.69) is 5.32 Å². The van der Waals surface area contributed by atoms with Gasteiger partial charge in [-0.25, -0.2) is 4.79 Å². The molecule has 2 N–H and O–H groups in total. The van der Waals surface area contributed by atoms with Crippen LogP contribution in [0.15, 0.2) is 24.3 Å². The van der Waals surface area contributed by atoms with Crippen LogP contribution in [0.4, 0.5) is 0 Å². The second-order valence-corrected chi connectivity index (χ2v) is 6.34. The summed E-state index contributed by atoms with van der Waals surface area (Å²) in [4.78, 5) is 38.7. The zero-order chi connectivity index (χ0) is 17.6. The van der Waals surface area contributed by atoms with Crippen LogP contribution in [-0.2, 0) is 19.1 Å². The van der Waals surface area contributed by atoms with Crippen LogP contribution in [0.25, 0.3) is 0 Å². The number of esters is 1. The highest BCUT2D eigenvalue weighted by molar-refractivity contribution is 6.09. The predicted molar refractivity (Wildman–Crippen MR) is 83.6 cm³/mol. The van der Waals surface area contributed by atoms with Crippen LogP contribution in [0.5, 0.6) is 0 Å². The molecule has 2 heterocycles. The van der Waals surface area contributed by atoms with Crippen LogP contribution < -0.4 is 5.32 Å². The lowest BCUT2D eigenvalue weighted by Gasteiger charge is -2.30. The van der Waals surface area contributed by atoms with Crippen molar-refractivity contribution in [1.82, 2.24) is 10.2 Å². The summed E-state index contributed by atoms with van der Waals surface area (Å²) in [6.07, 6.45) is 0. The first-order chi connectivity index (χ1) is 11.4. The van der Waals surface area contributed by atoms with Crippen LogP contribution in [-0.4, -0.2) is 54.1 Å². The van der Waals surface area contributed by atoms with Crippen molar-refractivity contribution >= 4 is 17.8 Å². The molecule has 0 saturated carbocycles. The minimum atomic E-state index is -1.62. The minimum Gasteiger partial charge on any atom is -0.468 e. The summed E-state index contributed by atoms with van der Waals surface area (Å²) < 4.78 is 4.83. The molecule has 24 heavy (non-hydrogen) atoms. The summed E-state index contributed by atoms with van der Waals surface area (Å²) in [5.74, 6) is -3.32. The number of imide groups is 1. The summed E-state index contributed by atoms with van der Waals surface area (Å²) in [5.41, 5.74) is 0.134. The van der Waals surface area contributed by atoms with E-state index in [1.807, 2.05) is 31.2 Å². The lowest BCUT2D eigenvalue weighted by Crippen LogP contribution is -2.58. The van der Waals surface area contributed by atoms with Crippen molar-refractivity contribution in [2.24, 2.45) is 11.8 Å². The molecule has 128 valence electrons. The second kappa shape index (κ2) is 5.68. The molecular weight excluding hydrogens is 312 g/mol. The molecule has 1 aromatic carbocycles. The predicted octanol–water partition coefficient (Wildman–Crippen LogP) is -0.226. The van der Waals surface area contributed by atoms with Gasteiger partial charge in [-0.05, 0) is 18.1 Å². The number of hydrogen-bond acceptors (Lipinski definition) is 6. The SMILES string of the molecule is COC(=O)[C@@]1(CO)N[C@H](c2ccccc2C)[C@@H]2C(=O)N(C)C(=O)[C@H]21. The lowest BCUT2D eigenvalue weighted by atomic mass is 9.79. The quantitative estimate of drug-likeness (QED) is 0.587. The fourth-order valence-electron chi connectivity index (χ4n) is 3.93. The average molecular weight is 332 g/mol. The van der Waals surface area contributed by atoms with Crippen molar-refractivity contribution in [2.75, 3.05) is 20.8 Å². The Bertz CT molecular complexity index is 719. The van der Waals surface area contributed by atoms with Gasteiger partial charge < -0.3 is 9.84 Å². The molecule has 1 aromatic rings. The highest BCUT2D eigenvalue weighted by Gasteiger charge is 2.68. The molecule has 2 aliphatic rings. The van der Waals surface area contributed by atoms with Crippen molar-refractivity contribution in [3.63, 3.8) is 0 Å². The third-order valence-electron chi connectivity index (χ3n) is 5.20. The zero-order valence-electron chi connectivity index (χ0n) is 13.8. The number of likely N-dealkylation sites (tertiary alicyclic amines) is 1. The number of hydrogen-bond donors (Lipinski definition) is 2. The standard InChI is InChI=1S/C17H20N2O5/c1-9-6-4-5-7-10(9)13-11-12(15(22)19(2)14(11)21)17(8-20,18-13)16(23)24-3/h4-7,11-13,18,20H,8H2,1-3H3/t11-,12+,13-,17+/m1/s1. The maximum atomic E-state index is 12.6. The first kappa shape index (κ1) is 16.6. The van der Waals surface area contributed by atoms with Gasteiger partial charge in [0.05, 0.1) is 25.6 Å². The summed E-state index contributed by atoms with van der Waals surface area (Å²) in [6.45, 7) is 1.27. The number of rotatable bonds is 3. The van der Waals surface area contributed by atoms with Crippen LogP contribution >= 0.6 is 0 Å². The Kier molecular flexibility index (Phi) is 3.93. The summed E-state index contributed by atoms with van der Waals surface area (Å²) >= 11 is 0. The highest BCUT2D eigenvalue weighted by atomic mass is 16.5. The van der Waals surface area contributed by atoms with E-state index in [-0.39, 0.29) is 5.91 Å². The monoisotopic (exact) mass is 332 g/mol. The molecular formula is C17H20N2O5. The Labute approximate surface area is 139 Å². The van der Waals surface area contributed by atoms with Gasteiger partial charge in [0.2, 0.25) is 11.8 Å². The maximum absolute atomic E-state index is 12.6. The summed E-state index contributed by atoms with van der Waals surface area (Å²) in [5, 5.41) is 13.0. The van der Waals surface area contributed by atoms with E-state index in [1.165, 1.54) is 14.2 Å². The molecule has 2 aliphatic heterocycles. The second-order valence-electron chi connectivity index (χ2n) is 6.34. The smallest absolute Gasteiger partial charge is 0.329 e. The number of nitrogens with one attached hydrogen (secondary N) is 1. The Morgan fingerprint density at radius 1 is 1.33 bits per heavy atom. The van der Waals surface area contributed by atoms with Gasteiger partial charge in [-0.15, -0.1) is 0 Å². The van der Waals surface area contributed by atoms with E-state index >= 15 is 0 Å². The van der Waals surface area contributed by atoms with Gasteiger partial charge in [0.1, 0.15) is 0 Å². The highest BCUT2D eigenvalue weighted by Crippen LogP contribution is 2.49. The van der Waals surface area contributed by atoms with Crippen molar-refractivity contribution in [1.29, 1.82) is 0 Å². The molecule has 4 atom stereocenters. The molecule has 0 aliphatic carbocycles. The van der Waals surface area contributed by atoms with E-state index in [0.29, 0.717) is 0 Å². The van der Waals surface area contributed by atoms with E-state index in [4.69, 9.17) is 4.74 Å². The van der Waals surface area contributed by atoms with Gasteiger partial charge in [-0.2, -0.15) is 0 Å². The number of nitrogens with zero attached hydrogens (tertiary/aromatic N) is 1. The molecule has 0 bridgehead atoms. The number of fused-ring (bicyclic) bond motifs is 1. The van der Waals surface area contributed by atoms with Crippen LogP contribution in [0, 0.1) is 18.8 Å². The number of ether oxygens (including phenoxy) is 1. The van der Waals surface area contributed by atoms with E-state index in [9.17, 15) is 19.5 Å². The topological polar surface area (TPSA) is 95.9 Å². The number of aryl methyl sites for hydroxylation is 1. The van der Waals surface area contributed by atoms with Crippen LogP contribution in [0.3, 0.4) is 0 Å². The minimum absolute atomic E-state index is 0.356. The number of aliphatic hydroxyl groups excluding tert-OH is 1. The van der Waals surface area contributed by atoms with Gasteiger partial charge in [0.15, 0.2) is 5.54 Å². The fourth-order valence-corrected chi connectivity index (χ4v) is 3.93. The van der Waals surface area contributed by atoms with Crippen molar-refractivity contribution < 1.29 is 24.2 Å². The zero-order valence-corrected chi connectivity index (χ0v) is 13.8. The molecule has 2 fully saturated rings. The van der Waals surface area contributed by atoms with Crippen LogP contribution in [0.2, 0.25) is 0 Å². The maximum Gasteiger partial charge on any atom is 0.329 e. The van der Waals surface area contributed by atoms with Gasteiger partial charge in [0.25, 0.3) is 0 Å². The van der Waals surface area contributed by atoms with E-state index in [1.54, 1.807) is 0 Å². The molecule has 7 heteroatoms. The van der Waals surface area contributed by atoms with E-state index in [0.717, 1.165) is 16.0 Å². The fraction of sp³-hybridized carbons (Fsp3) is 0.471. The Morgan fingerprint density at radius 3 is 2.58 bits per heavy atom. The molecule has 2 amide bonds. The Morgan fingerprint density at radius 2 is 2.00 bits per heavy atom. The molecule has 0 spiro atoms. The van der Waals surface area contributed by atoms with E-state index < -0.39 is 41.9 Å². The number of amides is 2. The average Bonchev–Trinajstić information content (AvgIpc) is 3.05. The van der Waals surface area contributed by atoms with Crippen molar-refractivity contribution in [3.05, 3.63) is 35.4 Å². The number of benzene rings is 1. The molecule has 0 radical (unpaired) electrons. The van der Waals surface area contributed by atoms with Crippen LogP contribution in [0.1, 0.15) is 17.2 Å². The lowest BCUT2D eigenvalue weighted by molar-refractivity contribution is -0.156.